The monoisotopic (exact) mass is 225 g/mol. The minimum atomic E-state index is -0.645. The molecular weight excluding hydrogens is 202 g/mol. The van der Waals surface area contributed by atoms with Gasteiger partial charge in [-0.1, -0.05) is 13.8 Å². The number of carboxylic acid groups (broad SMARTS) is 1. The number of nitrogens with zero attached hydrogens (tertiary/aromatic N) is 1. The quantitative estimate of drug-likeness (QED) is 0.798. The van der Waals surface area contributed by atoms with Crippen LogP contribution >= 0.6 is 0 Å². The maximum Gasteiger partial charge on any atom is 0.323 e. The Hall–Kier alpha value is -0.570. The van der Waals surface area contributed by atoms with E-state index in [-0.39, 0.29) is 0 Å². The maximum absolute atomic E-state index is 11.6. The van der Waals surface area contributed by atoms with Crippen LogP contribution in [0.1, 0.15) is 46.5 Å². The smallest absolute Gasteiger partial charge is 0.323 e. The molecule has 0 radical (unpaired) electrons. The van der Waals surface area contributed by atoms with Gasteiger partial charge in [-0.05, 0) is 44.4 Å². The van der Waals surface area contributed by atoms with Gasteiger partial charge in [0, 0.05) is 12.6 Å². The van der Waals surface area contributed by atoms with E-state index in [1.165, 1.54) is 19.3 Å². The first-order valence-corrected chi connectivity index (χ1v) is 6.43. The molecule has 1 N–H and O–H groups in total. The summed E-state index contributed by atoms with van der Waals surface area (Å²) in [7, 11) is 0. The average Bonchev–Trinajstić information content (AvgIpc) is 2.76. The molecule has 16 heavy (non-hydrogen) atoms. The standard InChI is InChI=1S/C13H23NO2/c1-9(2)7-13(3,12(15)16)14-8-10-4-5-11(14)6-10/h9-11H,4-8H2,1-3H3,(H,15,16). The third kappa shape index (κ3) is 1.86. The minimum absolute atomic E-state index is 0.431. The molecule has 3 atom stereocenters. The summed E-state index contributed by atoms with van der Waals surface area (Å²) >= 11 is 0. The molecule has 92 valence electrons. The van der Waals surface area contributed by atoms with E-state index in [0.29, 0.717) is 12.0 Å². The van der Waals surface area contributed by atoms with Gasteiger partial charge in [0.05, 0.1) is 0 Å². The largest absolute Gasteiger partial charge is 0.480 e. The number of hydrogen-bond acceptors (Lipinski definition) is 2. The fourth-order valence-corrected chi connectivity index (χ4v) is 3.65. The van der Waals surface area contributed by atoms with Gasteiger partial charge in [-0.3, -0.25) is 9.69 Å². The summed E-state index contributed by atoms with van der Waals surface area (Å²) in [6, 6.07) is 0.532. The molecule has 0 spiro atoms. The topological polar surface area (TPSA) is 40.5 Å². The predicted octanol–water partition coefficient (Wildman–Crippen LogP) is 2.36. The van der Waals surface area contributed by atoms with E-state index in [2.05, 4.69) is 18.7 Å². The van der Waals surface area contributed by atoms with Crippen LogP contribution in [-0.2, 0) is 4.79 Å². The van der Waals surface area contributed by atoms with Crippen LogP contribution in [0.4, 0.5) is 0 Å². The molecule has 2 fully saturated rings. The number of hydrogen-bond donors (Lipinski definition) is 1. The number of carbonyl (C=O) groups is 1. The van der Waals surface area contributed by atoms with Crippen molar-refractivity contribution in [2.75, 3.05) is 6.54 Å². The fourth-order valence-electron chi connectivity index (χ4n) is 3.65. The Morgan fingerprint density at radius 1 is 1.50 bits per heavy atom. The molecule has 0 aromatic carbocycles. The first-order valence-electron chi connectivity index (χ1n) is 6.43. The van der Waals surface area contributed by atoms with Crippen molar-refractivity contribution in [3.63, 3.8) is 0 Å². The zero-order valence-electron chi connectivity index (χ0n) is 10.6. The summed E-state index contributed by atoms with van der Waals surface area (Å²) in [6.45, 7) is 7.13. The lowest BCUT2D eigenvalue weighted by atomic mass is 9.87. The molecular formula is C13H23NO2. The second kappa shape index (κ2) is 4.02. The minimum Gasteiger partial charge on any atom is -0.480 e. The molecule has 0 aromatic heterocycles. The van der Waals surface area contributed by atoms with E-state index in [4.69, 9.17) is 0 Å². The van der Waals surface area contributed by atoms with Crippen molar-refractivity contribution in [2.24, 2.45) is 11.8 Å². The van der Waals surface area contributed by atoms with Gasteiger partial charge in [0.2, 0.25) is 0 Å². The number of carboxylic acids is 1. The number of piperidine rings is 1. The van der Waals surface area contributed by atoms with Gasteiger partial charge < -0.3 is 5.11 Å². The maximum atomic E-state index is 11.6. The Bertz CT molecular complexity index is 290. The van der Waals surface area contributed by atoms with Crippen molar-refractivity contribution < 1.29 is 9.90 Å². The van der Waals surface area contributed by atoms with Gasteiger partial charge in [0.1, 0.15) is 5.54 Å². The van der Waals surface area contributed by atoms with Crippen molar-refractivity contribution in [1.29, 1.82) is 0 Å². The van der Waals surface area contributed by atoms with Gasteiger partial charge in [0.15, 0.2) is 0 Å². The third-order valence-electron chi connectivity index (χ3n) is 4.31. The van der Waals surface area contributed by atoms with Gasteiger partial charge in [-0.15, -0.1) is 0 Å². The van der Waals surface area contributed by atoms with E-state index in [1.807, 2.05) is 6.92 Å². The summed E-state index contributed by atoms with van der Waals surface area (Å²) in [5, 5.41) is 9.53. The molecule has 0 aromatic rings. The summed E-state index contributed by atoms with van der Waals surface area (Å²) in [5.74, 6) is 0.546. The first kappa shape index (κ1) is 11.9. The van der Waals surface area contributed by atoms with Crippen LogP contribution in [0.2, 0.25) is 0 Å². The van der Waals surface area contributed by atoms with Crippen molar-refractivity contribution in [3.8, 4) is 0 Å². The molecule has 2 bridgehead atoms. The molecule has 2 rings (SSSR count). The normalized spacial score (nSPS) is 33.2. The Kier molecular flexibility index (Phi) is 2.99. The molecule has 3 heteroatoms. The molecule has 1 aliphatic heterocycles. The molecule has 2 aliphatic rings. The summed E-state index contributed by atoms with van der Waals surface area (Å²) < 4.78 is 0. The highest BCUT2D eigenvalue weighted by Gasteiger charge is 2.49. The van der Waals surface area contributed by atoms with Crippen molar-refractivity contribution >= 4 is 5.97 Å². The number of fused-ring (bicyclic) bond motifs is 2. The van der Waals surface area contributed by atoms with Gasteiger partial charge in [-0.2, -0.15) is 0 Å². The van der Waals surface area contributed by atoms with Crippen LogP contribution in [0.3, 0.4) is 0 Å². The van der Waals surface area contributed by atoms with E-state index >= 15 is 0 Å². The predicted molar refractivity (Wildman–Crippen MR) is 63.3 cm³/mol. The molecule has 1 saturated carbocycles. The molecule has 3 unspecified atom stereocenters. The molecule has 1 aliphatic carbocycles. The summed E-state index contributed by atoms with van der Waals surface area (Å²) in [6.07, 6.45) is 4.48. The molecule has 3 nitrogen and oxygen atoms in total. The Balaban J connectivity index is 2.16. The second-order valence-electron chi connectivity index (χ2n) is 6.16. The van der Waals surface area contributed by atoms with Crippen LogP contribution in [0, 0.1) is 11.8 Å². The number of rotatable bonds is 4. The van der Waals surface area contributed by atoms with E-state index < -0.39 is 11.5 Å². The molecule has 1 saturated heterocycles. The highest BCUT2D eigenvalue weighted by atomic mass is 16.4. The SMILES string of the molecule is CC(C)CC(C)(C(=O)O)N1CC2CCC1C2. The van der Waals surface area contributed by atoms with Gasteiger partial charge >= 0.3 is 5.97 Å². The van der Waals surface area contributed by atoms with Crippen LogP contribution in [0.5, 0.6) is 0 Å². The van der Waals surface area contributed by atoms with E-state index in [1.54, 1.807) is 0 Å². The summed E-state index contributed by atoms with van der Waals surface area (Å²) in [4.78, 5) is 13.8. The van der Waals surface area contributed by atoms with Crippen molar-refractivity contribution in [1.82, 2.24) is 4.90 Å². The zero-order valence-corrected chi connectivity index (χ0v) is 10.6. The highest BCUT2D eigenvalue weighted by Crippen LogP contribution is 2.43. The Morgan fingerprint density at radius 3 is 2.56 bits per heavy atom. The first-order chi connectivity index (χ1) is 7.43. The summed E-state index contributed by atoms with van der Waals surface area (Å²) in [5.41, 5.74) is -0.645. The van der Waals surface area contributed by atoms with Crippen LogP contribution < -0.4 is 0 Å². The van der Waals surface area contributed by atoms with Gasteiger partial charge in [0.25, 0.3) is 0 Å². The van der Waals surface area contributed by atoms with Crippen LogP contribution in [-0.4, -0.2) is 34.1 Å². The van der Waals surface area contributed by atoms with Crippen LogP contribution in [0.25, 0.3) is 0 Å². The molecule has 1 heterocycles. The Morgan fingerprint density at radius 2 is 2.19 bits per heavy atom. The Labute approximate surface area is 97.8 Å². The average molecular weight is 225 g/mol. The number of aliphatic carboxylic acids is 1. The zero-order chi connectivity index (χ0) is 11.9. The third-order valence-corrected chi connectivity index (χ3v) is 4.31. The second-order valence-corrected chi connectivity index (χ2v) is 6.16. The van der Waals surface area contributed by atoms with Crippen molar-refractivity contribution in [2.45, 2.75) is 58.0 Å². The number of likely N-dealkylation sites (tertiary alicyclic amines) is 1. The lowest BCUT2D eigenvalue weighted by molar-refractivity contribution is -0.153. The fraction of sp³-hybridized carbons (Fsp3) is 0.923. The highest BCUT2D eigenvalue weighted by molar-refractivity contribution is 5.78. The molecule has 0 amide bonds. The van der Waals surface area contributed by atoms with Crippen LogP contribution in [0.15, 0.2) is 0 Å². The van der Waals surface area contributed by atoms with Gasteiger partial charge in [-0.25, -0.2) is 0 Å². The van der Waals surface area contributed by atoms with E-state index in [0.717, 1.165) is 18.9 Å². The van der Waals surface area contributed by atoms with E-state index in [9.17, 15) is 9.90 Å². The lowest BCUT2D eigenvalue weighted by Crippen LogP contribution is -2.56. The van der Waals surface area contributed by atoms with Crippen molar-refractivity contribution in [3.05, 3.63) is 0 Å². The lowest BCUT2D eigenvalue weighted by Gasteiger charge is -2.41.